The molecule has 5 rings (SSSR count). The first-order chi connectivity index (χ1) is 13.2. The second-order valence-electron chi connectivity index (χ2n) is 8.96. The molecule has 0 radical (unpaired) electrons. The van der Waals surface area contributed by atoms with Crippen LogP contribution in [-0.2, 0) is 4.74 Å². The molecule has 0 aromatic heterocycles. The first kappa shape index (κ1) is 17.5. The van der Waals surface area contributed by atoms with Crippen molar-refractivity contribution in [1.29, 1.82) is 0 Å². The summed E-state index contributed by atoms with van der Waals surface area (Å²) in [6, 6.07) is 7.31. The number of methoxy groups -OCH3 is 1. The molecule has 1 amide bonds. The number of likely N-dealkylation sites (tertiary alicyclic amines) is 1. The summed E-state index contributed by atoms with van der Waals surface area (Å²) in [6.07, 6.45) is 6.89. The van der Waals surface area contributed by atoms with Gasteiger partial charge in [-0.1, -0.05) is 6.42 Å². The van der Waals surface area contributed by atoms with Gasteiger partial charge < -0.3 is 14.8 Å². The first-order valence-corrected chi connectivity index (χ1v) is 10.5. The Labute approximate surface area is 161 Å². The maximum absolute atomic E-state index is 12.6. The summed E-state index contributed by atoms with van der Waals surface area (Å²) in [5, 5.41) is 3.17. The van der Waals surface area contributed by atoms with Crippen LogP contribution in [0.5, 0.6) is 5.75 Å². The number of amides is 1. The molecule has 1 aliphatic carbocycles. The fourth-order valence-electron chi connectivity index (χ4n) is 5.79. The van der Waals surface area contributed by atoms with E-state index in [-0.39, 0.29) is 11.5 Å². The predicted octanol–water partition coefficient (Wildman–Crippen LogP) is 2.70. The zero-order valence-corrected chi connectivity index (χ0v) is 16.2. The van der Waals surface area contributed by atoms with E-state index in [0.717, 1.165) is 37.7 Å². The summed E-state index contributed by atoms with van der Waals surface area (Å²) in [6.45, 7) is 4.22. The molecule has 0 unspecified atom stereocenters. The Kier molecular flexibility index (Phi) is 4.40. The van der Waals surface area contributed by atoms with Crippen molar-refractivity contribution in [3.63, 3.8) is 0 Å². The lowest BCUT2D eigenvalue weighted by Crippen LogP contribution is -2.41. The SMILES string of the molecule is COc1ccc(C(=O)NC[C@H]2[C@H]3CN(CC4CCC4)C[C@]34CC[C@H]2O4)cc1. The van der Waals surface area contributed by atoms with Crippen LogP contribution in [-0.4, -0.2) is 55.8 Å². The number of fused-ring (bicyclic) bond motifs is 1. The van der Waals surface area contributed by atoms with Gasteiger partial charge in [0.05, 0.1) is 18.8 Å². The van der Waals surface area contributed by atoms with E-state index < -0.39 is 0 Å². The monoisotopic (exact) mass is 370 g/mol. The molecule has 3 aliphatic heterocycles. The van der Waals surface area contributed by atoms with E-state index >= 15 is 0 Å². The van der Waals surface area contributed by atoms with Gasteiger partial charge in [-0.3, -0.25) is 9.69 Å². The van der Waals surface area contributed by atoms with Crippen LogP contribution in [0.1, 0.15) is 42.5 Å². The van der Waals surface area contributed by atoms with Crippen LogP contribution in [0.15, 0.2) is 24.3 Å². The van der Waals surface area contributed by atoms with Crippen molar-refractivity contribution in [3.05, 3.63) is 29.8 Å². The lowest BCUT2D eigenvalue weighted by atomic mass is 9.73. The molecule has 1 N–H and O–H groups in total. The number of ether oxygens (including phenoxy) is 2. The summed E-state index contributed by atoms with van der Waals surface area (Å²) in [4.78, 5) is 15.2. The normalized spacial score (nSPS) is 35.1. The van der Waals surface area contributed by atoms with Gasteiger partial charge in [0.15, 0.2) is 0 Å². The fourth-order valence-corrected chi connectivity index (χ4v) is 5.79. The number of carbonyl (C=O) groups is 1. The van der Waals surface area contributed by atoms with Crippen LogP contribution in [0.25, 0.3) is 0 Å². The maximum Gasteiger partial charge on any atom is 0.251 e. The fraction of sp³-hybridized carbons (Fsp3) is 0.682. The Bertz CT molecular complexity index is 702. The van der Waals surface area contributed by atoms with Crippen LogP contribution in [0.3, 0.4) is 0 Å². The first-order valence-electron chi connectivity index (χ1n) is 10.5. The van der Waals surface area contributed by atoms with Crippen molar-refractivity contribution < 1.29 is 14.3 Å². The lowest BCUT2D eigenvalue weighted by molar-refractivity contribution is 0.000542. The third-order valence-corrected chi connectivity index (χ3v) is 7.45. The lowest BCUT2D eigenvalue weighted by Gasteiger charge is -2.31. The molecular weight excluding hydrogens is 340 g/mol. The minimum absolute atomic E-state index is 0.00111. The molecule has 4 fully saturated rings. The van der Waals surface area contributed by atoms with Crippen LogP contribution >= 0.6 is 0 Å². The second-order valence-corrected chi connectivity index (χ2v) is 8.96. The van der Waals surface area contributed by atoms with Crippen molar-refractivity contribution in [2.24, 2.45) is 17.8 Å². The van der Waals surface area contributed by atoms with Gasteiger partial charge in [-0.05, 0) is 55.9 Å². The van der Waals surface area contributed by atoms with Crippen molar-refractivity contribution in [2.75, 3.05) is 33.3 Å². The van der Waals surface area contributed by atoms with Crippen LogP contribution < -0.4 is 10.1 Å². The third kappa shape index (κ3) is 3.05. The van der Waals surface area contributed by atoms with E-state index in [1.54, 1.807) is 7.11 Å². The smallest absolute Gasteiger partial charge is 0.251 e. The highest BCUT2D eigenvalue weighted by molar-refractivity contribution is 5.94. The van der Waals surface area contributed by atoms with E-state index in [9.17, 15) is 4.79 Å². The molecule has 1 spiro atoms. The summed E-state index contributed by atoms with van der Waals surface area (Å²) in [7, 11) is 1.63. The van der Waals surface area contributed by atoms with Gasteiger partial charge in [-0.25, -0.2) is 0 Å². The van der Waals surface area contributed by atoms with Crippen molar-refractivity contribution in [1.82, 2.24) is 10.2 Å². The maximum atomic E-state index is 12.6. The molecule has 1 aromatic rings. The number of hydrogen-bond acceptors (Lipinski definition) is 4. The van der Waals surface area contributed by atoms with Gasteiger partial charge in [0.2, 0.25) is 0 Å². The Morgan fingerprint density at radius 1 is 1.30 bits per heavy atom. The Balaban J connectivity index is 1.21. The van der Waals surface area contributed by atoms with E-state index in [1.807, 2.05) is 24.3 Å². The van der Waals surface area contributed by atoms with E-state index in [2.05, 4.69) is 10.2 Å². The third-order valence-electron chi connectivity index (χ3n) is 7.45. The Morgan fingerprint density at radius 2 is 2.11 bits per heavy atom. The molecule has 5 nitrogen and oxygen atoms in total. The van der Waals surface area contributed by atoms with Gasteiger partial charge in [-0.2, -0.15) is 0 Å². The number of rotatable bonds is 6. The summed E-state index contributed by atoms with van der Waals surface area (Å²) in [5.74, 6) is 2.71. The summed E-state index contributed by atoms with van der Waals surface area (Å²) in [5.41, 5.74) is 0.761. The highest BCUT2D eigenvalue weighted by atomic mass is 16.5. The van der Waals surface area contributed by atoms with Gasteiger partial charge in [0.25, 0.3) is 5.91 Å². The van der Waals surface area contributed by atoms with Gasteiger partial charge in [-0.15, -0.1) is 0 Å². The average Bonchev–Trinajstić information content (AvgIpc) is 3.31. The molecule has 4 aliphatic rings. The molecule has 146 valence electrons. The highest BCUT2D eigenvalue weighted by Gasteiger charge is 2.62. The summed E-state index contributed by atoms with van der Waals surface area (Å²) < 4.78 is 11.7. The number of nitrogens with zero attached hydrogens (tertiary/aromatic N) is 1. The van der Waals surface area contributed by atoms with Crippen LogP contribution in [0, 0.1) is 17.8 Å². The van der Waals surface area contributed by atoms with Crippen molar-refractivity contribution in [3.8, 4) is 5.75 Å². The predicted molar refractivity (Wildman–Crippen MR) is 103 cm³/mol. The second kappa shape index (κ2) is 6.78. The van der Waals surface area contributed by atoms with E-state index in [1.165, 1.54) is 32.2 Å². The minimum Gasteiger partial charge on any atom is -0.497 e. The zero-order chi connectivity index (χ0) is 18.4. The molecular formula is C22H30N2O3. The van der Waals surface area contributed by atoms with Crippen molar-refractivity contribution >= 4 is 5.91 Å². The molecule has 4 atom stereocenters. The molecule has 1 aromatic carbocycles. The van der Waals surface area contributed by atoms with Crippen LogP contribution in [0.4, 0.5) is 0 Å². The topological polar surface area (TPSA) is 50.8 Å². The number of nitrogens with one attached hydrogen (secondary N) is 1. The summed E-state index contributed by atoms with van der Waals surface area (Å²) >= 11 is 0. The molecule has 3 heterocycles. The zero-order valence-electron chi connectivity index (χ0n) is 16.2. The molecule has 5 heteroatoms. The highest BCUT2D eigenvalue weighted by Crippen LogP contribution is 2.54. The molecule has 3 saturated heterocycles. The molecule has 2 bridgehead atoms. The van der Waals surface area contributed by atoms with E-state index in [4.69, 9.17) is 9.47 Å². The minimum atomic E-state index is -0.00111. The largest absolute Gasteiger partial charge is 0.497 e. The van der Waals surface area contributed by atoms with Crippen LogP contribution in [0.2, 0.25) is 0 Å². The van der Waals surface area contributed by atoms with E-state index in [0.29, 0.717) is 23.5 Å². The van der Waals surface area contributed by atoms with Gasteiger partial charge in [0, 0.05) is 43.6 Å². The Morgan fingerprint density at radius 3 is 2.81 bits per heavy atom. The average molecular weight is 370 g/mol. The standard InChI is InChI=1S/C22H30N2O3/c1-26-17-7-5-16(6-8-17)21(25)23-11-18-19-13-24(12-15-3-2-4-15)14-22(19)10-9-20(18)27-22/h5-8,15,18-20H,2-4,9-14H2,1H3,(H,23,25)/t18-,19+,20+,22+/m0/s1. The quantitative estimate of drug-likeness (QED) is 0.837. The van der Waals surface area contributed by atoms with Crippen molar-refractivity contribution in [2.45, 2.75) is 43.8 Å². The van der Waals surface area contributed by atoms with Gasteiger partial charge >= 0.3 is 0 Å². The molecule has 1 saturated carbocycles. The number of carbonyl (C=O) groups excluding carboxylic acids is 1. The van der Waals surface area contributed by atoms with Gasteiger partial charge in [0.1, 0.15) is 5.75 Å². The molecule has 27 heavy (non-hydrogen) atoms. The number of hydrogen-bond donors (Lipinski definition) is 1. The number of benzene rings is 1. The Hall–Kier alpha value is -1.59.